The number of para-hydroxylation sites is 1. The Hall–Kier alpha value is -3.55. The number of hydrogen-bond acceptors (Lipinski definition) is 2. The van der Waals surface area contributed by atoms with Crippen LogP contribution in [-0.2, 0) is 21.1 Å². The second-order valence-electron chi connectivity index (χ2n) is 7.37. The number of hydrogen-bond donors (Lipinski definition) is 0. The number of pyridine rings is 2. The molecule has 0 aliphatic rings. The minimum atomic E-state index is 0. The Labute approximate surface area is 200 Å². The molecule has 3 heterocycles. The summed E-state index contributed by atoms with van der Waals surface area (Å²) in [5.74, 6) is 0. The van der Waals surface area contributed by atoms with Crippen molar-refractivity contribution in [2.75, 3.05) is 0 Å². The van der Waals surface area contributed by atoms with Crippen LogP contribution < -0.4 is 0 Å². The summed E-state index contributed by atoms with van der Waals surface area (Å²) in [7, 11) is 0. The Morgan fingerprint density at radius 1 is 0.562 bits per heavy atom. The standard InChI is InChI=1S/C28H17N3.Pt/c1-2-13-27-23(10-1)24-15-14-21(26-12-4-6-17-30-26)19-28(24)31(27)22-9-7-8-20(18-22)25-11-3-5-16-29-25;/h1-17H;/q-2;+2. The van der Waals surface area contributed by atoms with Crippen molar-refractivity contribution in [1.82, 2.24) is 14.5 Å². The van der Waals surface area contributed by atoms with Crippen LogP contribution in [0.15, 0.2) is 103 Å². The van der Waals surface area contributed by atoms with Gasteiger partial charge in [-0.05, 0) is 46.2 Å². The first kappa shape index (κ1) is 20.4. The van der Waals surface area contributed by atoms with Gasteiger partial charge in [0.05, 0.1) is 0 Å². The molecule has 0 saturated heterocycles. The number of aromatic nitrogens is 3. The van der Waals surface area contributed by atoms with E-state index < -0.39 is 0 Å². The largest absolute Gasteiger partial charge is 2.00 e. The molecule has 32 heavy (non-hydrogen) atoms. The van der Waals surface area contributed by atoms with Crippen LogP contribution in [0.25, 0.3) is 50.0 Å². The molecule has 0 unspecified atom stereocenters. The summed E-state index contributed by atoms with van der Waals surface area (Å²) in [6, 6.07) is 37.9. The van der Waals surface area contributed by atoms with Gasteiger partial charge in [0.15, 0.2) is 0 Å². The summed E-state index contributed by atoms with van der Waals surface area (Å²) in [5.41, 5.74) is 6.85. The van der Waals surface area contributed by atoms with Gasteiger partial charge in [0.25, 0.3) is 0 Å². The zero-order valence-corrected chi connectivity index (χ0v) is 19.2. The van der Waals surface area contributed by atoms with Crippen LogP contribution in [0.2, 0.25) is 0 Å². The van der Waals surface area contributed by atoms with Gasteiger partial charge in [0, 0.05) is 17.9 Å². The topological polar surface area (TPSA) is 30.7 Å². The molecule has 4 heteroatoms. The summed E-state index contributed by atoms with van der Waals surface area (Å²) in [5, 5.41) is 2.35. The van der Waals surface area contributed by atoms with Crippen molar-refractivity contribution >= 4 is 21.8 Å². The summed E-state index contributed by atoms with van der Waals surface area (Å²) in [6.45, 7) is 0. The van der Waals surface area contributed by atoms with Gasteiger partial charge >= 0.3 is 21.1 Å². The first-order chi connectivity index (χ1) is 15.4. The smallest absolute Gasteiger partial charge is 0.346 e. The molecule has 6 rings (SSSR count). The van der Waals surface area contributed by atoms with Gasteiger partial charge in [-0.3, -0.25) is 0 Å². The predicted octanol–water partition coefficient (Wildman–Crippen LogP) is 6.51. The third kappa shape index (κ3) is 3.45. The van der Waals surface area contributed by atoms with Gasteiger partial charge in [-0.1, -0.05) is 47.9 Å². The maximum Gasteiger partial charge on any atom is 2.00 e. The molecular formula is C28H17N3Pt. The molecule has 0 N–H and O–H groups in total. The van der Waals surface area contributed by atoms with E-state index in [0.29, 0.717) is 0 Å². The zero-order valence-electron chi connectivity index (χ0n) is 17.0. The van der Waals surface area contributed by atoms with E-state index in [9.17, 15) is 0 Å². The van der Waals surface area contributed by atoms with Gasteiger partial charge in [-0.25, -0.2) is 0 Å². The maximum atomic E-state index is 4.51. The van der Waals surface area contributed by atoms with E-state index in [-0.39, 0.29) is 21.1 Å². The molecule has 6 aromatic rings. The first-order valence-corrected chi connectivity index (χ1v) is 10.2. The van der Waals surface area contributed by atoms with Crippen molar-refractivity contribution in [3.8, 4) is 28.2 Å². The normalized spacial score (nSPS) is 10.9. The first-order valence-electron chi connectivity index (χ1n) is 10.2. The third-order valence-electron chi connectivity index (χ3n) is 5.49. The van der Waals surface area contributed by atoms with Gasteiger partial charge in [0.1, 0.15) is 0 Å². The Morgan fingerprint density at radius 2 is 1.25 bits per heavy atom. The SMILES string of the molecule is [Pt+2].[c-]1c(-c2ccccn2)cccc1-n1c2[c-]c(-c3ccccn3)ccc2c2ccccc21. The van der Waals surface area contributed by atoms with Crippen LogP contribution in [0.4, 0.5) is 0 Å². The second-order valence-corrected chi connectivity index (χ2v) is 7.37. The van der Waals surface area contributed by atoms with Crippen LogP contribution in [0.1, 0.15) is 0 Å². The molecule has 0 atom stereocenters. The minimum absolute atomic E-state index is 0. The van der Waals surface area contributed by atoms with Crippen LogP contribution >= 0.6 is 0 Å². The molecule has 154 valence electrons. The van der Waals surface area contributed by atoms with Crippen molar-refractivity contribution in [3.63, 3.8) is 0 Å². The molecule has 0 fully saturated rings. The Balaban J connectivity index is 0.00000216. The Morgan fingerprint density at radius 3 is 1.97 bits per heavy atom. The number of rotatable bonds is 3. The van der Waals surface area contributed by atoms with E-state index in [1.165, 1.54) is 5.39 Å². The van der Waals surface area contributed by atoms with Crippen LogP contribution in [0, 0.1) is 12.1 Å². The Bertz CT molecular complexity index is 1520. The van der Waals surface area contributed by atoms with Crippen molar-refractivity contribution in [1.29, 1.82) is 0 Å². The maximum absolute atomic E-state index is 4.51. The predicted molar refractivity (Wildman–Crippen MR) is 125 cm³/mol. The molecular weight excluding hydrogens is 573 g/mol. The van der Waals surface area contributed by atoms with E-state index in [4.69, 9.17) is 0 Å². The van der Waals surface area contributed by atoms with Gasteiger partial charge in [-0.15, -0.1) is 53.6 Å². The van der Waals surface area contributed by atoms with Gasteiger partial charge < -0.3 is 14.5 Å². The summed E-state index contributed by atoms with van der Waals surface area (Å²) in [4.78, 5) is 9.00. The fourth-order valence-electron chi connectivity index (χ4n) is 4.07. The van der Waals surface area contributed by atoms with E-state index in [2.05, 4.69) is 75.2 Å². The summed E-state index contributed by atoms with van der Waals surface area (Å²) >= 11 is 0. The molecule has 0 aliphatic heterocycles. The molecule has 0 bridgehead atoms. The van der Waals surface area contributed by atoms with Gasteiger partial charge in [-0.2, -0.15) is 0 Å². The van der Waals surface area contributed by atoms with E-state index >= 15 is 0 Å². The monoisotopic (exact) mass is 590 g/mol. The third-order valence-corrected chi connectivity index (χ3v) is 5.49. The Kier molecular flexibility index (Phi) is 5.43. The molecule has 3 aromatic heterocycles. The van der Waals surface area contributed by atoms with E-state index in [1.807, 2.05) is 54.9 Å². The molecule has 3 aromatic carbocycles. The molecule has 0 saturated carbocycles. The van der Waals surface area contributed by atoms with Crippen molar-refractivity contribution in [2.45, 2.75) is 0 Å². The molecule has 3 nitrogen and oxygen atoms in total. The van der Waals surface area contributed by atoms with Crippen molar-refractivity contribution < 1.29 is 21.1 Å². The fourth-order valence-corrected chi connectivity index (χ4v) is 4.07. The summed E-state index contributed by atoms with van der Waals surface area (Å²) in [6.07, 6.45) is 3.62. The average molecular weight is 591 g/mol. The fraction of sp³-hybridized carbons (Fsp3) is 0. The van der Waals surface area contributed by atoms with Crippen molar-refractivity contribution in [3.05, 3.63) is 116 Å². The van der Waals surface area contributed by atoms with E-state index in [1.54, 1.807) is 0 Å². The van der Waals surface area contributed by atoms with Gasteiger partial charge in [0.2, 0.25) is 0 Å². The second kappa shape index (κ2) is 8.53. The van der Waals surface area contributed by atoms with Crippen LogP contribution in [0.3, 0.4) is 0 Å². The zero-order chi connectivity index (χ0) is 20.6. The number of nitrogens with zero attached hydrogens (tertiary/aromatic N) is 3. The quantitative estimate of drug-likeness (QED) is 0.220. The van der Waals surface area contributed by atoms with E-state index in [0.717, 1.165) is 44.6 Å². The van der Waals surface area contributed by atoms with Crippen molar-refractivity contribution in [2.24, 2.45) is 0 Å². The average Bonchev–Trinajstić information content (AvgIpc) is 3.19. The molecule has 0 amide bonds. The molecule has 0 aliphatic carbocycles. The number of benzene rings is 3. The van der Waals surface area contributed by atoms with Crippen LogP contribution in [0.5, 0.6) is 0 Å². The molecule has 0 spiro atoms. The molecule has 0 radical (unpaired) electrons. The minimum Gasteiger partial charge on any atom is -0.346 e. The number of fused-ring (bicyclic) bond motifs is 3. The van der Waals surface area contributed by atoms with Crippen LogP contribution in [-0.4, -0.2) is 14.5 Å². The summed E-state index contributed by atoms with van der Waals surface area (Å²) < 4.78 is 2.23.